The molecule has 0 aliphatic carbocycles. The van der Waals surface area contributed by atoms with Gasteiger partial charge in [0.2, 0.25) is 0 Å². The van der Waals surface area contributed by atoms with Gasteiger partial charge in [0.1, 0.15) is 11.2 Å². The van der Waals surface area contributed by atoms with Crippen LogP contribution in [0.15, 0.2) is 241 Å². The van der Waals surface area contributed by atoms with Gasteiger partial charge in [0.05, 0.1) is 27.8 Å². The fourth-order valence-electron chi connectivity index (χ4n) is 11.1. The molecule has 0 bridgehead atoms. The van der Waals surface area contributed by atoms with Gasteiger partial charge in [-0.3, -0.25) is 0 Å². The van der Waals surface area contributed by atoms with Gasteiger partial charge in [-0.2, -0.15) is 0 Å². The Hall–Kier alpha value is -9.65. The van der Waals surface area contributed by atoms with Gasteiger partial charge in [-0.25, -0.2) is 15.0 Å². The summed E-state index contributed by atoms with van der Waals surface area (Å²) in [5, 5.41) is 11.5. The third-order valence-corrected chi connectivity index (χ3v) is 14.3. The Kier molecular flexibility index (Phi) is 8.56. The predicted octanol–water partition coefficient (Wildman–Crippen LogP) is 16.9. The molecule has 15 rings (SSSR count). The van der Waals surface area contributed by atoms with Gasteiger partial charge in [0, 0.05) is 65.8 Å². The summed E-state index contributed by atoms with van der Waals surface area (Å²) in [6.07, 6.45) is 0. The molecule has 0 unspecified atom stereocenters. The lowest BCUT2D eigenvalue weighted by atomic mass is 9.91. The SMILES string of the molecule is c1ccc(-c2nc(-c3ccc(-n4c5ccccc5c5cc6ccccc6cc54)c(-c4c5ccccc5cc5oc6ccccc6c45)c3)nc(-c3ccc4c5ccccc5n(-c5ccccc5)c4c3)n2)cc1. The second kappa shape index (κ2) is 15.4. The molecule has 4 heterocycles. The summed E-state index contributed by atoms with van der Waals surface area (Å²) in [6.45, 7) is 0. The monoisotopic (exact) mass is 905 g/mol. The van der Waals surface area contributed by atoms with Crippen LogP contribution in [0.3, 0.4) is 0 Å². The first-order valence-corrected chi connectivity index (χ1v) is 24.0. The van der Waals surface area contributed by atoms with Gasteiger partial charge >= 0.3 is 0 Å². The minimum atomic E-state index is 0.576. The van der Waals surface area contributed by atoms with Crippen LogP contribution in [-0.4, -0.2) is 24.1 Å². The molecule has 330 valence electrons. The van der Waals surface area contributed by atoms with Crippen LogP contribution in [0.4, 0.5) is 0 Å². The second-order valence-electron chi connectivity index (χ2n) is 18.3. The topological polar surface area (TPSA) is 61.7 Å². The first-order valence-electron chi connectivity index (χ1n) is 24.0. The lowest BCUT2D eigenvalue weighted by molar-refractivity contribution is 0.669. The Morgan fingerprint density at radius 3 is 1.61 bits per heavy atom. The zero-order valence-electron chi connectivity index (χ0n) is 38.2. The Balaban J connectivity index is 1.03. The number of nitrogens with zero attached hydrogens (tertiary/aromatic N) is 5. The Bertz CT molecular complexity index is 4640. The van der Waals surface area contributed by atoms with E-state index in [0.717, 1.165) is 99.4 Å². The standard InChI is InChI=1S/C65H39N5O/c1-3-17-40(18-4-1)63-66-64(68-65(67-63)45-31-33-50-48-25-11-14-28-54(48)69(57(50)38-45)46-22-5-2-6-23-46)44-32-34-56(70-55-29-15-12-26-49(55)52-35-41-19-7-8-20-42(41)37-58(52)70)53(36-44)61-47-24-10-9-21-43(47)39-60-62(61)51-27-13-16-30-59(51)71-60/h1-39H. The number of rotatable bonds is 6. The summed E-state index contributed by atoms with van der Waals surface area (Å²) >= 11 is 0. The predicted molar refractivity (Wildman–Crippen MR) is 293 cm³/mol. The number of fused-ring (bicyclic) bond motifs is 11. The number of hydrogen-bond donors (Lipinski definition) is 0. The van der Waals surface area contributed by atoms with Crippen molar-refractivity contribution in [1.29, 1.82) is 0 Å². The first-order chi connectivity index (χ1) is 35.2. The van der Waals surface area contributed by atoms with Crippen molar-refractivity contribution in [2.24, 2.45) is 0 Å². The van der Waals surface area contributed by atoms with E-state index in [1.54, 1.807) is 0 Å². The largest absolute Gasteiger partial charge is 0.456 e. The van der Waals surface area contributed by atoms with Gasteiger partial charge in [-0.15, -0.1) is 0 Å². The van der Waals surface area contributed by atoms with E-state index in [1.807, 2.05) is 24.3 Å². The molecule has 6 heteroatoms. The molecule has 0 amide bonds. The number of aromatic nitrogens is 5. The molecule has 0 saturated heterocycles. The zero-order valence-corrected chi connectivity index (χ0v) is 38.2. The Morgan fingerprint density at radius 2 is 0.845 bits per heavy atom. The maximum atomic E-state index is 6.73. The summed E-state index contributed by atoms with van der Waals surface area (Å²) in [5.74, 6) is 1.77. The van der Waals surface area contributed by atoms with E-state index in [-0.39, 0.29) is 0 Å². The highest BCUT2D eigenvalue weighted by Crippen LogP contribution is 2.47. The Labute approximate surface area is 407 Å². The van der Waals surface area contributed by atoms with Crippen LogP contribution in [0.1, 0.15) is 0 Å². The maximum Gasteiger partial charge on any atom is 0.164 e. The fourth-order valence-corrected chi connectivity index (χ4v) is 11.1. The molecule has 0 fully saturated rings. The van der Waals surface area contributed by atoms with E-state index in [4.69, 9.17) is 19.4 Å². The summed E-state index contributed by atoms with van der Waals surface area (Å²) < 4.78 is 11.5. The van der Waals surface area contributed by atoms with E-state index >= 15 is 0 Å². The van der Waals surface area contributed by atoms with E-state index in [2.05, 4.69) is 221 Å². The molecule has 71 heavy (non-hydrogen) atoms. The molecule has 11 aromatic carbocycles. The molecule has 0 radical (unpaired) electrons. The Morgan fingerprint density at radius 1 is 0.310 bits per heavy atom. The molecule has 6 nitrogen and oxygen atoms in total. The van der Waals surface area contributed by atoms with Crippen molar-refractivity contribution in [3.05, 3.63) is 237 Å². The number of para-hydroxylation sites is 4. The van der Waals surface area contributed by atoms with E-state index < -0.39 is 0 Å². The lowest BCUT2D eigenvalue weighted by Crippen LogP contribution is -2.02. The highest BCUT2D eigenvalue weighted by Gasteiger charge is 2.24. The number of benzene rings is 11. The number of hydrogen-bond acceptors (Lipinski definition) is 4. The van der Waals surface area contributed by atoms with E-state index in [9.17, 15) is 0 Å². The molecule has 0 aliphatic heterocycles. The zero-order chi connectivity index (χ0) is 46.6. The van der Waals surface area contributed by atoms with Crippen LogP contribution in [0.2, 0.25) is 0 Å². The number of furan rings is 1. The third kappa shape index (κ3) is 6.11. The van der Waals surface area contributed by atoms with Crippen molar-refractivity contribution >= 4 is 87.1 Å². The highest BCUT2D eigenvalue weighted by atomic mass is 16.3. The van der Waals surface area contributed by atoms with Gasteiger partial charge in [0.25, 0.3) is 0 Å². The van der Waals surface area contributed by atoms with Crippen molar-refractivity contribution < 1.29 is 4.42 Å². The molecule has 15 aromatic rings. The highest BCUT2D eigenvalue weighted by molar-refractivity contribution is 6.22. The summed E-state index contributed by atoms with van der Waals surface area (Å²) in [5.41, 5.74) is 13.1. The fraction of sp³-hybridized carbons (Fsp3) is 0. The summed E-state index contributed by atoms with van der Waals surface area (Å²) in [7, 11) is 0. The maximum absolute atomic E-state index is 6.73. The molecule has 0 atom stereocenters. The van der Waals surface area contributed by atoms with Crippen molar-refractivity contribution in [2.75, 3.05) is 0 Å². The normalized spacial score (nSPS) is 11.9. The second-order valence-corrected chi connectivity index (χ2v) is 18.3. The van der Waals surface area contributed by atoms with E-state index in [1.165, 1.54) is 26.9 Å². The first kappa shape index (κ1) is 39.4. The van der Waals surface area contributed by atoms with Crippen LogP contribution >= 0.6 is 0 Å². The van der Waals surface area contributed by atoms with Crippen molar-refractivity contribution in [1.82, 2.24) is 24.1 Å². The van der Waals surface area contributed by atoms with Crippen LogP contribution in [0, 0.1) is 0 Å². The van der Waals surface area contributed by atoms with Gasteiger partial charge < -0.3 is 13.6 Å². The van der Waals surface area contributed by atoms with Gasteiger partial charge in [0.15, 0.2) is 17.5 Å². The molecule has 0 N–H and O–H groups in total. The third-order valence-electron chi connectivity index (χ3n) is 14.3. The van der Waals surface area contributed by atoms with Crippen molar-refractivity contribution in [3.63, 3.8) is 0 Å². The average Bonchev–Trinajstić information content (AvgIpc) is 4.09. The molecular formula is C65H39N5O. The van der Waals surface area contributed by atoms with Gasteiger partial charge in [-0.05, 0) is 94.3 Å². The molecule has 4 aromatic heterocycles. The smallest absolute Gasteiger partial charge is 0.164 e. The molecule has 0 aliphatic rings. The molecule has 0 saturated carbocycles. The lowest BCUT2D eigenvalue weighted by Gasteiger charge is -2.18. The quantitative estimate of drug-likeness (QED) is 0.167. The molecular weight excluding hydrogens is 867 g/mol. The van der Waals surface area contributed by atoms with Gasteiger partial charge in [-0.1, -0.05) is 164 Å². The summed E-state index contributed by atoms with van der Waals surface area (Å²) in [4.78, 5) is 16.0. The van der Waals surface area contributed by atoms with Crippen LogP contribution in [-0.2, 0) is 0 Å². The van der Waals surface area contributed by atoms with Crippen LogP contribution in [0.25, 0.3) is 144 Å². The average molecular weight is 906 g/mol. The van der Waals surface area contributed by atoms with Crippen LogP contribution in [0.5, 0.6) is 0 Å². The van der Waals surface area contributed by atoms with E-state index in [0.29, 0.717) is 17.5 Å². The minimum Gasteiger partial charge on any atom is -0.456 e. The molecule has 0 spiro atoms. The van der Waals surface area contributed by atoms with Crippen molar-refractivity contribution in [2.45, 2.75) is 0 Å². The minimum absolute atomic E-state index is 0.576. The van der Waals surface area contributed by atoms with Crippen LogP contribution < -0.4 is 0 Å². The van der Waals surface area contributed by atoms with Crippen molar-refractivity contribution in [3.8, 4) is 56.7 Å². The summed E-state index contributed by atoms with van der Waals surface area (Å²) in [6, 6.07) is 84.0.